The van der Waals surface area contributed by atoms with Crippen LogP contribution in [0.3, 0.4) is 0 Å². The van der Waals surface area contributed by atoms with E-state index in [2.05, 4.69) is 34.8 Å². The third-order valence-electron chi connectivity index (χ3n) is 4.64. The highest BCUT2D eigenvalue weighted by Crippen LogP contribution is 2.52. The standard InChI is InChI=1S/C15H21BrN2O/c1-8(2)5-12-13(16)15(19)18-14(17-12)11-7-9-3-4-10(11)6-9/h8-11H,3-7H2,1-2H3,(H,17,18,19). The molecule has 0 amide bonds. The van der Waals surface area contributed by atoms with Gasteiger partial charge in [-0.05, 0) is 59.4 Å². The van der Waals surface area contributed by atoms with Crippen LogP contribution < -0.4 is 5.56 Å². The van der Waals surface area contributed by atoms with Crippen molar-refractivity contribution in [2.75, 3.05) is 0 Å². The number of nitrogens with one attached hydrogen (secondary N) is 1. The van der Waals surface area contributed by atoms with Gasteiger partial charge in [0.25, 0.3) is 5.56 Å². The van der Waals surface area contributed by atoms with E-state index >= 15 is 0 Å². The second kappa shape index (κ2) is 5.04. The molecule has 19 heavy (non-hydrogen) atoms. The summed E-state index contributed by atoms with van der Waals surface area (Å²) in [5.74, 6) is 3.57. The number of fused-ring (bicyclic) bond motifs is 2. The molecule has 0 spiro atoms. The van der Waals surface area contributed by atoms with Gasteiger partial charge in [0.1, 0.15) is 10.3 Å². The zero-order valence-corrected chi connectivity index (χ0v) is 13.2. The molecule has 4 heteroatoms. The van der Waals surface area contributed by atoms with E-state index in [1.165, 1.54) is 25.7 Å². The van der Waals surface area contributed by atoms with Crippen molar-refractivity contribution in [1.82, 2.24) is 9.97 Å². The summed E-state index contributed by atoms with van der Waals surface area (Å²) in [5.41, 5.74) is 0.917. The quantitative estimate of drug-likeness (QED) is 0.922. The van der Waals surface area contributed by atoms with E-state index in [0.717, 1.165) is 29.8 Å². The monoisotopic (exact) mass is 324 g/mol. The molecule has 2 bridgehead atoms. The molecule has 0 aromatic carbocycles. The zero-order valence-electron chi connectivity index (χ0n) is 11.6. The van der Waals surface area contributed by atoms with Crippen molar-refractivity contribution in [1.29, 1.82) is 0 Å². The van der Waals surface area contributed by atoms with Crippen LogP contribution in [0.4, 0.5) is 0 Å². The van der Waals surface area contributed by atoms with E-state index in [1.54, 1.807) is 0 Å². The van der Waals surface area contributed by atoms with Crippen LogP contribution in [0.1, 0.15) is 57.0 Å². The Labute approximate surface area is 122 Å². The number of H-pyrrole nitrogens is 1. The Hall–Kier alpha value is -0.640. The molecule has 1 N–H and O–H groups in total. The number of hydrogen-bond acceptors (Lipinski definition) is 2. The Morgan fingerprint density at radius 3 is 2.74 bits per heavy atom. The zero-order chi connectivity index (χ0) is 13.6. The first-order valence-corrected chi connectivity index (χ1v) is 8.12. The first-order valence-electron chi connectivity index (χ1n) is 7.33. The minimum absolute atomic E-state index is 0.0107. The lowest BCUT2D eigenvalue weighted by molar-refractivity contribution is 0.403. The van der Waals surface area contributed by atoms with Crippen LogP contribution in [-0.4, -0.2) is 9.97 Å². The molecule has 0 aliphatic heterocycles. The van der Waals surface area contributed by atoms with Gasteiger partial charge in [-0.1, -0.05) is 20.3 Å². The summed E-state index contributed by atoms with van der Waals surface area (Å²) in [6.07, 6.45) is 6.11. The molecule has 1 aromatic heterocycles. The van der Waals surface area contributed by atoms with Gasteiger partial charge in [0.05, 0.1) is 5.69 Å². The lowest BCUT2D eigenvalue weighted by Crippen LogP contribution is -2.21. The van der Waals surface area contributed by atoms with Crippen LogP contribution in [0.5, 0.6) is 0 Å². The number of hydrogen-bond donors (Lipinski definition) is 1. The van der Waals surface area contributed by atoms with Gasteiger partial charge in [0.15, 0.2) is 0 Å². The summed E-state index contributed by atoms with van der Waals surface area (Å²) in [6.45, 7) is 4.32. The van der Waals surface area contributed by atoms with Crippen molar-refractivity contribution >= 4 is 15.9 Å². The van der Waals surface area contributed by atoms with Crippen LogP contribution in [0.25, 0.3) is 0 Å². The summed E-state index contributed by atoms with van der Waals surface area (Å²) < 4.78 is 0.619. The average Bonchev–Trinajstić information content (AvgIpc) is 2.96. The van der Waals surface area contributed by atoms with E-state index in [0.29, 0.717) is 16.3 Å². The van der Waals surface area contributed by atoms with Gasteiger partial charge >= 0.3 is 0 Å². The van der Waals surface area contributed by atoms with Crippen molar-refractivity contribution in [3.05, 3.63) is 26.3 Å². The van der Waals surface area contributed by atoms with Gasteiger partial charge in [-0.25, -0.2) is 4.98 Å². The molecule has 3 atom stereocenters. The highest BCUT2D eigenvalue weighted by Gasteiger charge is 2.41. The van der Waals surface area contributed by atoms with Gasteiger partial charge in [0.2, 0.25) is 0 Å². The van der Waals surface area contributed by atoms with Gasteiger partial charge < -0.3 is 4.98 Å². The molecule has 3 nitrogen and oxygen atoms in total. The van der Waals surface area contributed by atoms with Crippen LogP contribution in [-0.2, 0) is 6.42 Å². The van der Waals surface area contributed by atoms with Gasteiger partial charge in [-0.3, -0.25) is 4.79 Å². The SMILES string of the molecule is CC(C)Cc1nc(C2CC3CCC2C3)[nH]c(=O)c1Br. The first kappa shape index (κ1) is 13.3. The van der Waals surface area contributed by atoms with Crippen LogP contribution in [0.2, 0.25) is 0 Å². The summed E-state index contributed by atoms with van der Waals surface area (Å²) in [4.78, 5) is 19.8. The van der Waals surface area contributed by atoms with Gasteiger partial charge in [-0.2, -0.15) is 0 Å². The van der Waals surface area contributed by atoms with Crippen LogP contribution in [0, 0.1) is 17.8 Å². The number of halogens is 1. The van der Waals surface area contributed by atoms with Gasteiger partial charge in [0, 0.05) is 5.92 Å². The number of aromatic nitrogens is 2. The maximum atomic E-state index is 12.1. The van der Waals surface area contributed by atoms with Gasteiger partial charge in [-0.15, -0.1) is 0 Å². The molecule has 0 saturated heterocycles. The molecule has 1 aromatic rings. The average molecular weight is 325 g/mol. The Kier molecular flexibility index (Phi) is 3.54. The molecule has 0 radical (unpaired) electrons. The van der Waals surface area contributed by atoms with E-state index in [1.807, 2.05) is 0 Å². The predicted octanol–water partition coefficient (Wildman–Crippen LogP) is 3.63. The molecule has 2 saturated carbocycles. The fourth-order valence-corrected chi connectivity index (χ4v) is 4.15. The van der Waals surface area contributed by atoms with Crippen molar-refractivity contribution in [3.8, 4) is 0 Å². The third kappa shape index (κ3) is 2.51. The number of aromatic amines is 1. The third-order valence-corrected chi connectivity index (χ3v) is 5.46. The number of rotatable bonds is 3. The molecule has 1 heterocycles. The van der Waals surface area contributed by atoms with E-state index in [4.69, 9.17) is 4.98 Å². The fourth-order valence-electron chi connectivity index (χ4n) is 3.80. The molecule has 2 aliphatic carbocycles. The Bertz CT molecular complexity index is 537. The minimum Gasteiger partial charge on any atom is -0.309 e. The summed E-state index contributed by atoms with van der Waals surface area (Å²) in [6, 6.07) is 0. The Balaban J connectivity index is 1.94. The second-order valence-corrected chi connectivity index (χ2v) is 7.38. The topological polar surface area (TPSA) is 45.8 Å². The molecule has 104 valence electrons. The van der Waals surface area contributed by atoms with Crippen molar-refractivity contribution in [2.24, 2.45) is 17.8 Å². The lowest BCUT2D eigenvalue weighted by Gasteiger charge is -2.21. The number of nitrogens with zero attached hydrogens (tertiary/aromatic N) is 1. The van der Waals surface area contributed by atoms with Crippen molar-refractivity contribution < 1.29 is 0 Å². The fraction of sp³-hybridized carbons (Fsp3) is 0.733. The Morgan fingerprint density at radius 1 is 1.37 bits per heavy atom. The maximum absolute atomic E-state index is 12.1. The van der Waals surface area contributed by atoms with E-state index in [9.17, 15) is 4.79 Å². The smallest absolute Gasteiger partial charge is 0.265 e. The molecular formula is C15H21BrN2O. The van der Waals surface area contributed by atoms with Crippen molar-refractivity contribution in [3.63, 3.8) is 0 Å². The maximum Gasteiger partial charge on any atom is 0.265 e. The lowest BCUT2D eigenvalue weighted by atomic mass is 9.88. The van der Waals surface area contributed by atoms with Crippen LogP contribution >= 0.6 is 15.9 Å². The summed E-state index contributed by atoms with van der Waals surface area (Å²) in [7, 11) is 0. The minimum atomic E-state index is -0.0107. The van der Waals surface area contributed by atoms with Crippen molar-refractivity contribution in [2.45, 2.75) is 51.9 Å². The Morgan fingerprint density at radius 2 is 2.16 bits per heavy atom. The second-order valence-electron chi connectivity index (χ2n) is 6.59. The van der Waals surface area contributed by atoms with E-state index < -0.39 is 0 Å². The first-order chi connectivity index (χ1) is 9.04. The summed E-state index contributed by atoms with van der Waals surface area (Å²) >= 11 is 3.39. The highest BCUT2D eigenvalue weighted by atomic mass is 79.9. The predicted molar refractivity (Wildman–Crippen MR) is 79.3 cm³/mol. The van der Waals surface area contributed by atoms with E-state index in [-0.39, 0.29) is 5.56 Å². The molecular weight excluding hydrogens is 304 g/mol. The highest BCUT2D eigenvalue weighted by molar-refractivity contribution is 9.10. The molecule has 2 aliphatic rings. The molecule has 3 rings (SSSR count). The molecule has 3 unspecified atom stereocenters. The summed E-state index contributed by atoms with van der Waals surface area (Å²) in [5, 5.41) is 0. The van der Waals surface area contributed by atoms with Crippen LogP contribution in [0.15, 0.2) is 9.27 Å². The normalized spacial score (nSPS) is 29.4. The largest absolute Gasteiger partial charge is 0.309 e. The molecule has 2 fully saturated rings.